The van der Waals surface area contributed by atoms with Crippen LogP contribution in [0, 0.1) is 16.7 Å². The Kier molecular flexibility index (Phi) is 6.22. The number of nitrogens with one attached hydrogen (secondary N) is 1. The van der Waals surface area contributed by atoms with Crippen molar-refractivity contribution in [1.82, 2.24) is 15.1 Å². The van der Waals surface area contributed by atoms with Crippen LogP contribution in [0.25, 0.3) is 0 Å². The molecule has 9 heteroatoms. The van der Waals surface area contributed by atoms with E-state index in [2.05, 4.69) is 31.1 Å². The Bertz CT molecular complexity index is 762. The molecule has 2 N–H and O–H groups in total. The second-order valence-corrected chi connectivity index (χ2v) is 10.3. The first kappa shape index (κ1) is 22.3. The number of urea groups is 1. The minimum Gasteiger partial charge on any atom is -0.481 e. The van der Waals surface area contributed by atoms with E-state index >= 15 is 0 Å². The molecule has 0 spiro atoms. The van der Waals surface area contributed by atoms with Gasteiger partial charge in [0.05, 0.1) is 18.5 Å². The summed E-state index contributed by atoms with van der Waals surface area (Å²) in [5, 5.41) is 12.3. The van der Waals surface area contributed by atoms with Gasteiger partial charge in [-0.3, -0.25) is 9.59 Å². The van der Waals surface area contributed by atoms with Gasteiger partial charge in [-0.2, -0.15) is 0 Å². The Hall–Kier alpha value is -2.41. The first-order valence-corrected chi connectivity index (χ1v) is 10.6. The summed E-state index contributed by atoms with van der Waals surface area (Å²) in [6.07, 6.45) is 4.84. The molecule has 1 saturated carbocycles. The van der Waals surface area contributed by atoms with Gasteiger partial charge >= 0.3 is 12.0 Å². The average Bonchev–Trinajstić information content (AvgIpc) is 3.25. The van der Waals surface area contributed by atoms with E-state index < -0.39 is 11.9 Å². The first-order chi connectivity index (χ1) is 14.0. The molecule has 3 amide bonds. The fourth-order valence-corrected chi connectivity index (χ4v) is 5.78. The number of carbonyl (C=O) groups excluding carboxylic acids is 3. The zero-order valence-electron chi connectivity index (χ0n) is 18.0. The van der Waals surface area contributed by atoms with Crippen molar-refractivity contribution < 1.29 is 24.3 Å². The van der Waals surface area contributed by atoms with Gasteiger partial charge in [0.1, 0.15) is 0 Å². The van der Waals surface area contributed by atoms with Gasteiger partial charge in [-0.1, -0.05) is 20.8 Å². The van der Waals surface area contributed by atoms with E-state index in [0.717, 1.165) is 19.3 Å². The van der Waals surface area contributed by atoms with Gasteiger partial charge in [-0.05, 0) is 36.5 Å². The summed E-state index contributed by atoms with van der Waals surface area (Å²) >= 11 is 0. The van der Waals surface area contributed by atoms with Gasteiger partial charge in [-0.15, -0.1) is 0 Å². The van der Waals surface area contributed by atoms with Crippen molar-refractivity contribution in [3.05, 3.63) is 0 Å². The van der Waals surface area contributed by atoms with E-state index in [1.54, 1.807) is 15.9 Å². The summed E-state index contributed by atoms with van der Waals surface area (Å²) in [5.41, 5.74) is -0.150. The van der Waals surface area contributed by atoms with E-state index in [4.69, 9.17) is 0 Å². The zero-order valence-corrected chi connectivity index (χ0v) is 18.0. The summed E-state index contributed by atoms with van der Waals surface area (Å²) in [5.74, 6) is -1.74. The number of hydrogen-bond acceptors (Lipinski definition) is 5. The van der Waals surface area contributed by atoms with Crippen LogP contribution in [0.1, 0.15) is 52.9 Å². The molecule has 0 radical (unpaired) electrons. The molecule has 1 aliphatic carbocycles. The smallest absolute Gasteiger partial charge is 0.317 e. The molecule has 9 nitrogen and oxygen atoms in total. The van der Waals surface area contributed by atoms with Crippen LogP contribution in [-0.4, -0.2) is 77.2 Å². The molecule has 4 atom stereocenters. The van der Waals surface area contributed by atoms with Crippen LogP contribution in [0.2, 0.25) is 0 Å². The fourth-order valence-electron chi connectivity index (χ4n) is 5.78. The predicted molar refractivity (Wildman–Crippen MR) is 108 cm³/mol. The van der Waals surface area contributed by atoms with E-state index in [1.807, 2.05) is 0 Å². The Morgan fingerprint density at radius 2 is 2.00 bits per heavy atom. The van der Waals surface area contributed by atoms with Gasteiger partial charge in [0.2, 0.25) is 12.0 Å². The summed E-state index contributed by atoms with van der Waals surface area (Å²) in [6.45, 7) is 8.02. The highest BCUT2D eigenvalue weighted by molar-refractivity contribution is 5.86. The van der Waals surface area contributed by atoms with Crippen LogP contribution in [0.4, 0.5) is 4.79 Å². The highest BCUT2D eigenvalue weighted by atomic mass is 16.4. The largest absolute Gasteiger partial charge is 0.481 e. The minimum absolute atomic E-state index is 0.0167. The maximum atomic E-state index is 12.9. The third kappa shape index (κ3) is 5.01. The van der Waals surface area contributed by atoms with Crippen molar-refractivity contribution >= 4 is 24.0 Å². The Balaban J connectivity index is 1.58. The van der Waals surface area contributed by atoms with Crippen molar-refractivity contribution in [1.29, 1.82) is 0 Å². The van der Waals surface area contributed by atoms with Gasteiger partial charge in [-0.25, -0.2) is 14.6 Å². The Morgan fingerprint density at radius 3 is 2.63 bits per heavy atom. The van der Waals surface area contributed by atoms with Gasteiger partial charge in [0.15, 0.2) is 0 Å². The number of hydrogen-bond donors (Lipinski definition) is 2. The maximum absolute atomic E-state index is 12.9. The van der Waals surface area contributed by atoms with Gasteiger partial charge in [0.25, 0.3) is 0 Å². The Labute approximate surface area is 176 Å². The summed E-state index contributed by atoms with van der Waals surface area (Å²) < 4.78 is 0. The number of aliphatic carboxylic acids is 1. The number of carbonyl (C=O) groups is 3. The summed E-state index contributed by atoms with van der Waals surface area (Å²) in [7, 11) is 0. The van der Waals surface area contributed by atoms with Crippen molar-refractivity contribution in [2.45, 2.75) is 65.0 Å². The molecule has 2 aliphatic heterocycles. The molecular formula is C21H32N4O5. The molecule has 2 saturated heterocycles. The normalized spacial score (nSPS) is 33.3. The summed E-state index contributed by atoms with van der Waals surface area (Å²) in [4.78, 5) is 54.0. The van der Waals surface area contributed by atoms with Crippen molar-refractivity contribution in [2.24, 2.45) is 21.7 Å². The van der Waals surface area contributed by atoms with E-state index in [-0.39, 0.29) is 47.8 Å². The minimum atomic E-state index is -0.944. The van der Waals surface area contributed by atoms with Crippen molar-refractivity contribution in [2.75, 3.05) is 26.2 Å². The molecule has 0 aromatic rings. The molecule has 166 valence electrons. The molecule has 3 aliphatic rings. The average molecular weight is 421 g/mol. The highest BCUT2D eigenvalue weighted by Gasteiger charge is 2.44. The number of aliphatic imine (C=N–C) groups is 1. The number of rotatable bonds is 5. The lowest BCUT2D eigenvalue weighted by Crippen LogP contribution is -2.51. The molecule has 0 aromatic carbocycles. The van der Waals surface area contributed by atoms with Gasteiger partial charge < -0.3 is 20.2 Å². The van der Waals surface area contributed by atoms with Crippen molar-refractivity contribution in [3.8, 4) is 0 Å². The molecule has 3 fully saturated rings. The van der Waals surface area contributed by atoms with E-state index in [1.165, 1.54) is 0 Å². The number of nitrogens with zero attached hydrogens (tertiary/aromatic N) is 3. The standard InChI is InChI=1S/C21H32N4O5/c1-20(2)7-15(8-21(3,11-20)12-22-13-26)23-19(30)24-5-4-16(10-24)25-9-14(18(28)29)6-17(25)27/h14-16H,4-12H2,1-3H3,(H,23,30)(H,28,29). The Morgan fingerprint density at radius 1 is 1.27 bits per heavy atom. The van der Waals surface area contributed by atoms with E-state index in [0.29, 0.717) is 26.1 Å². The molecule has 0 aromatic heterocycles. The zero-order chi connectivity index (χ0) is 22.1. The molecular weight excluding hydrogens is 388 g/mol. The van der Waals surface area contributed by atoms with Crippen LogP contribution in [-0.2, 0) is 14.4 Å². The fraction of sp³-hybridized carbons (Fsp3) is 0.810. The maximum Gasteiger partial charge on any atom is 0.317 e. The molecule has 30 heavy (non-hydrogen) atoms. The lowest BCUT2D eigenvalue weighted by atomic mass is 9.62. The lowest BCUT2D eigenvalue weighted by Gasteiger charge is -2.46. The molecule has 0 bridgehead atoms. The number of carboxylic acids is 1. The highest BCUT2D eigenvalue weighted by Crippen LogP contribution is 2.46. The van der Waals surface area contributed by atoms with Crippen LogP contribution in [0.5, 0.6) is 0 Å². The number of amides is 3. The van der Waals surface area contributed by atoms with Crippen LogP contribution >= 0.6 is 0 Å². The molecule has 3 rings (SSSR count). The molecule has 4 unspecified atom stereocenters. The quantitative estimate of drug-likeness (QED) is 0.517. The number of carboxylic acid groups (broad SMARTS) is 1. The van der Waals surface area contributed by atoms with E-state index in [9.17, 15) is 24.3 Å². The second kappa shape index (κ2) is 8.38. The SMILES string of the molecule is CC1(C)CC(NC(=O)N2CCC(N3CC(C(=O)O)CC3=O)C2)CC(C)(CN=C=O)C1. The van der Waals surface area contributed by atoms with Crippen LogP contribution < -0.4 is 5.32 Å². The number of likely N-dealkylation sites (tertiary alicyclic amines) is 2. The van der Waals surface area contributed by atoms with Crippen molar-refractivity contribution in [3.63, 3.8) is 0 Å². The molecule has 2 heterocycles. The van der Waals surface area contributed by atoms with Crippen LogP contribution in [0.3, 0.4) is 0 Å². The van der Waals surface area contributed by atoms with Gasteiger partial charge in [0, 0.05) is 32.1 Å². The predicted octanol–water partition coefficient (Wildman–Crippen LogP) is 1.62. The third-order valence-corrected chi connectivity index (χ3v) is 6.70. The van der Waals surface area contributed by atoms with Crippen LogP contribution in [0.15, 0.2) is 4.99 Å². The third-order valence-electron chi connectivity index (χ3n) is 6.70. The lowest BCUT2D eigenvalue weighted by molar-refractivity contribution is -0.141. The number of isocyanates is 1. The first-order valence-electron chi connectivity index (χ1n) is 10.6. The topological polar surface area (TPSA) is 119 Å². The second-order valence-electron chi connectivity index (χ2n) is 10.3. The monoisotopic (exact) mass is 420 g/mol. The summed E-state index contributed by atoms with van der Waals surface area (Å²) in [6, 6.07) is -0.289.